The van der Waals surface area contributed by atoms with Gasteiger partial charge in [0.15, 0.2) is 0 Å². The summed E-state index contributed by atoms with van der Waals surface area (Å²) < 4.78 is 4.99. The van der Waals surface area contributed by atoms with Gasteiger partial charge in [-0.1, -0.05) is 13.3 Å². The van der Waals surface area contributed by atoms with E-state index in [2.05, 4.69) is 19.2 Å². The zero-order valence-corrected chi connectivity index (χ0v) is 12.1. The summed E-state index contributed by atoms with van der Waals surface area (Å²) in [6.45, 7) is 6.80. The average molecular weight is 256 g/mol. The quantitative estimate of drug-likeness (QED) is 0.768. The number of rotatable bonds is 5. The smallest absolute Gasteiger partial charge is 0.317 e. The Kier molecular flexibility index (Phi) is 7.09. The lowest BCUT2D eigenvalue weighted by Gasteiger charge is -2.28. The molecule has 2 atom stereocenters. The van der Waals surface area contributed by atoms with Crippen LogP contribution in [0.1, 0.15) is 46.0 Å². The number of carbonyl (C=O) groups is 1. The minimum Gasteiger partial charge on any atom is -0.385 e. The minimum atomic E-state index is 0.105. The van der Waals surface area contributed by atoms with Crippen LogP contribution in [0.2, 0.25) is 0 Å². The molecule has 1 saturated heterocycles. The Morgan fingerprint density at radius 2 is 2.11 bits per heavy atom. The number of methoxy groups -OCH3 is 1. The van der Waals surface area contributed by atoms with Gasteiger partial charge in [0.25, 0.3) is 0 Å². The lowest BCUT2D eigenvalue weighted by Crippen LogP contribution is -2.46. The molecule has 1 aliphatic heterocycles. The van der Waals surface area contributed by atoms with Gasteiger partial charge in [0.1, 0.15) is 0 Å². The van der Waals surface area contributed by atoms with E-state index in [9.17, 15) is 4.79 Å². The van der Waals surface area contributed by atoms with E-state index in [1.807, 2.05) is 4.90 Å². The second kappa shape index (κ2) is 8.35. The highest BCUT2D eigenvalue weighted by Crippen LogP contribution is 2.20. The van der Waals surface area contributed by atoms with Crippen LogP contribution in [0.4, 0.5) is 4.79 Å². The molecule has 1 aliphatic rings. The van der Waals surface area contributed by atoms with Crippen molar-refractivity contribution >= 4 is 6.03 Å². The first kappa shape index (κ1) is 15.3. The van der Waals surface area contributed by atoms with Crippen molar-refractivity contribution in [2.45, 2.75) is 52.0 Å². The molecule has 106 valence electrons. The number of urea groups is 1. The van der Waals surface area contributed by atoms with Crippen molar-refractivity contribution in [2.75, 3.05) is 26.8 Å². The first-order valence-electron chi connectivity index (χ1n) is 7.18. The summed E-state index contributed by atoms with van der Waals surface area (Å²) in [5.41, 5.74) is 0. The van der Waals surface area contributed by atoms with Gasteiger partial charge in [0.05, 0.1) is 0 Å². The van der Waals surface area contributed by atoms with Gasteiger partial charge in [0, 0.05) is 32.8 Å². The van der Waals surface area contributed by atoms with Gasteiger partial charge < -0.3 is 15.0 Å². The monoisotopic (exact) mass is 256 g/mol. The van der Waals surface area contributed by atoms with Crippen LogP contribution in [0.5, 0.6) is 0 Å². The molecule has 1 rings (SSSR count). The lowest BCUT2D eigenvalue weighted by atomic mass is 10.1. The SMILES string of the molecule is COCCCCNC(=O)N1CC(C)CCCC1C. The highest BCUT2D eigenvalue weighted by atomic mass is 16.5. The van der Waals surface area contributed by atoms with Crippen LogP contribution in [0.3, 0.4) is 0 Å². The maximum absolute atomic E-state index is 12.1. The lowest BCUT2D eigenvalue weighted by molar-refractivity contribution is 0.171. The Morgan fingerprint density at radius 3 is 2.83 bits per heavy atom. The molecule has 0 bridgehead atoms. The van der Waals surface area contributed by atoms with Crippen molar-refractivity contribution in [1.82, 2.24) is 10.2 Å². The summed E-state index contributed by atoms with van der Waals surface area (Å²) in [6.07, 6.45) is 5.59. The molecule has 1 heterocycles. The van der Waals surface area contributed by atoms with Gasteiger partial charge in [0.2, 0.25) is 0 Å². The van der Waals surface area contributed by atoms with Gasteiger partial charge in [-0.3, -0.25) is 0 Å². The van der Waals surface area contributed by atoms with Crippen LogP contribution in [0, 0.1) is 5.92 Å². The molecular formula is C14H28N2O2. The van der Waals surface area contributed by atoms with E-state index in [0.29, 0.717) is 12.0 Å². The summed E-state index contributed by atoms with van der Waals surface area (Å²) >= 11 is 0. The highest BCUT2D eigenvalue weighted by Gasteiger charge is 2.24. The standard InChI is InChI=1S/C14H28N2O2/c1-12-7-6-8-13(2)16(11-12)14(17)15-9-4-5-10-18-3/h12-13H,4-11H2,1-3H3,(H,15,17). The minimum absolute atomic E-state index is 0.105. The number of carbonyl (C=O) groups excluding carboxylic acids is 1. The van der Waals surface area contributed by atoms with Crippen molar-refractivity contribution in [2.24, 2.45) is 5.92 Å². The number of ether oxygens (including phenoxy) is 1. The number of hydrogen-bond acceptors (Lipinski definition) is 2. The first-order chi connectivity index (χ1) is 8.65. The molecule has 0 spiro atoms. The van der Waals surface area contributed by atoms with Crippen molar-refractivity contribution in [3.63, 3.8) is 0 Å². The van der Waals surface area contributed by atoms with Crippen molar-refractivity contribution < 1.29 is 9.53 Å². The number of likely N-dealkylation sites (tertiary alicyclic amines) is 1. The molecule has 0 saturated carbocycles. The molecule has 0 aromatic rings. The van der Waals surface area contributed by atoms with E-state index in [1.54, 1.807) is 7.11 Å². The Hall–Kier alpha value is -0.770. The van der Waals surface area contributed by atoms with E-state index >= 15 is 0 Å². The van der Waals surface area contributed by atoms with Gasteiger partial charge in [-0.05, 0) is 38.5 Å². The summed E-state index contributed by atoms with van der Waals surface area (Å²) in [5, 5.41) is 3.02. The van der Waals surface area contributed by atoms with Gasteiger partial charge in [-0.25, -0.2) is 4.79 Å². The first-order valence-corrected chi connectivity index (χ1v) is 7.18. The number of nitrogens with one attached hydrogen (secondary N) is 1. The average Bonchev–Trinajstić information content (AvgIpc) is 2.51. The fraction of sp³-hybridized carbons (Fsp3) is 0.929. The molecule has 4 heteroatoms. The second-order valence-electron chi connectivity index (χ2n) is 5.47. The molecule has 0 radical (unpaired) electrons. The molecule has 0 aromatic heterocycles. The Labute approximate surface area is 111 Å². The third-order valence-corrected chi connectivity index (χ3v) is 3.67. The van der Waals surface area contributed by atoms with Crippen molar-refractivity contribution in [3.05, 3.63) is 0 Å². The molecular weight excluding hydrogens is 228 g/mol. The fourth-order valence-corrected chi connectivity index (χ4v) is 2.48. The predicted molar refractivity (Wildman–Crippen MR) is 73.7 cm³/mol. The van der Waals surface area contributed by atoms with Crippen molar-refractivity contribution in [1.29, 1.82) is 0 Å². The predicted octanol–water partition coefficient (Wildman–Crippen LogP) is 2.63. The van der Waals surface area contributed by atoms with Crippen molar-refractivity contribution in [3.8, 4) is 0 Å². The summed E-state index contributed by atoms with van der Waals surface area (Å²) in [5.74, 6) is 0.620. The molecule has 0 aliphatic carbocycles. The molecule has 4 nitrogen and oxygen atoms in total. The maximum atomic E-state index is 12.1. The zero-order valence-electron chi connectivity index (χ0n) is 12.1. The van der Waals surface area contributed by atoms with E-state index < -0.39 is 0 Å². The fourth-order valence-electron chi connectivity index (χ4n) is 2.48. The molecule has 0 aromatic carbocycles. The van der Waals surface area contributed by atoms with Crippen LogP contribution in [-0.4, -0.2) is 43.8 Å². The Morgan fingerprint density at radius 1 is 1.33 bits per heavy atom. The third kappa shape index (κ3) is 5.25. The number of unbranched alkanes of at least 4 members (excludes halogenated alkanes) is 1. The number of hydrogen-bond donors (Lipinski definition) is 1. The molecule has 1 N–H and O–H groups in total. The largest absolute Gasteiger partial charge is 0.385 e. The van der Waals surface area contributed by atoms with Crippen LogP contribution >= 0.6 is 0 Å². The normalized spacial score (nSPS) is 24.7. The van der Waals surface area contributed by atoms with Gasteiger partial charge in [-0.15, -0.1) is 0 Å². The number of amides is 2. The summed E-state index contributed by atoms with van der Waals surface area (Å²) in [7, 11) is 1.71. The van der Waals surface area contributed by atoms with E-state index in [-0.39, 0.29) is 6.03 Å². The molecule has 2 unspecified atom stereocenters. The Balaban J connectivity index is 2.29. The van der Waals surface area contributed by atoms with Crippen LogP contribution < -0.4 is 5.32 Å². The van der Waals surface area contributed by atoms with Crippen LogP contribution in [0.25, 0.3) is 0 Å². The third-order valence-electron chi connectivity index (χ3n) is 3.67. The van der Waals surface area contributed by atoms with E-state index in [4.69, 9.17) is 4.74 Å². The van der Waals surface area contributed by atoms with E-state index in [1.165, 1.54) is 12.8 Å². The maximum Gasteiger partial charge on any atom is 0.317 e. The summed E-state index contributed by atoms with van der Waals surface area (Å²) in [4.78, 5) is 14.1. The highest BCUT2D eigenvalue weighted by molar-refractivity contribution is 5.74. The molecule has 2 amide bonds. The van der Waals surface area contributed by atoms with E-state index in [0.717, 1.165) is 39.0 Å². The topological polar surface area (TPSA) is 41.6 Å². The second-order valence-corrected chi connectivity index (χ2v) is 5.47. The summed E-state index contributed by atoms with van der Waals surface area (Å²) in [6, 6.07) is 0.475. The Bertz CT molecular complexity index is 246. The van der Waals surface area contributed by atoms with Crippen LogP contribution in [0.15, 0.2) is 0 Å². The molecule has 18 heavy (non-hydrogen) atoms. The zero-order chi connectivity index (χ0) is 13.4. The van der Waals surface area contributed by atoms with Crippen LogP contribution in [-0.2, 0) is 4.74 Å². The van der Waals surface area contributed by atoms with Gasteiger partial charge in [-0.2, -0.15) is 0 Å². The molecule has 1 fully saturated rings. The number of nitrogens with zero attached hydrogens (tertiary/aromatic N) is 1. The van der Waals surface area contributed by atoms with Gasteiger partial charge >= 0.3 is 6.03 Å².